The molecular weight excluding hydrogens is 292 g/mol. The van der Waals surface area contributed by atoms with Crippen LogP contribution in [0.15, 0.2) is 11.1 Å². The summed E-state index contributed by atoms with van der Waals surface area (Å²) >= 11 is 0. The van der Waals surface area contributed by atoms with Gasteiger partial charge in [0.05, 0.1) is 17.8 Å². The minimum Gasteiger partial charge on any atom is -0.356 e. The van der Waals surface area contributed by atoms with E-state index in [2.05, 4.69) is 10.4 Å². The average molecular weight is 314 g/mol. The Hall–Kier alpha value is -1.41. The standard InChI is InChI=1S/C13H22N4O3S/c1-4-14-13(18)11-6-5-7-17(9-11)21(19,20)12-8-15-16(3)10(12)2/h8,11H,4-7,9H2,1-3H3,(H,14,18)/t11-/m1/s1. The first-order valence-electron chi connectivity index (χ1n) is 7.14. The SMILES string of the molecule is CCNC(=O)[C@@H]1CCCN(S(=O)(=O)c2cnn(C)c2C)C1. The summed E-state index contributed by atoms with van der Waals surface area (Å²) in [7, 11) is -1.87. The van der Waals surface area contributed by atoms with Crippen LogP contribution in [0.4, 0.5) is 0 Å². The number of aromatic nitrogens is 2. The average Bonchev–Trinajstić information content (AvgIpc) is 2.80. The zero-order valence-electron chi connectivity index (χ0n) is 12.7. The normalized spacial score (nSPS) is 20.4. The van der Waals surface area contributed by atoms with Crippen LogP contribution in [0.25, 0.3) is 0 Å². The fraction of sp³-hybridized carbons (Fsp3) is 0.692. The van der Waals surface area contributed by atoms with Gasteiger partial charge in [-0.1, -0.05) is 0 Å². The van der Waals surface area contributed by atoms with Gasteiger partial charge in [-0.15, -0.1) is 0 Å². The summed E-state index contributed by atoms with van der Waals surface area (Å²) in [6.45, 7) is 4.83. The van der Waals surface area contributed by atoms with Gasteiger partial charge in [0.1, 0.15) is 4.90 Å². The van der Waals surface area contributed by atoms with Crippen LogP contribution in [-0.2, 0) is 21.9 Å². The number of sulfonamides is 1. The molecule has 0 unspecified atom stereocenters. The summed E-state index contributed by atoms with van der Waals surface area (Å²) < 4.78 is 28.3. The van der Waals surface area contributed by atoms with Gasteiger partial charge in [-0.05, 0) is 26.7 Å². The van der Waals surface area contributed by atoms with E-state index in [9.17, 15) is 13.2 Å². The predicted octanol–water partition coefficient (Wildman–Crippen LogP) is 0.265. The molecule has 1 saturated heterocycles. The van der Waals surface area contributed by atoms with Crippen molar-refractivity contribution in [1.82, 2.24) is 19.4 Å². The van der Waals surface area contributed by atoms with Crippen molar-refractivity contribution in [3.8, 4) is 0 Å². The zero-order valence-corrected chi connectivity index (χ0v) is 13.5. The minimum absolute atomic E-state index is 0.0692. The second-order valence-corrected chi connectivity index (χ2v) is 7.22. The molecule has 2 rings (SSSR count). The topological polar surface area (TPSA) is 84.3 Å². The molecule has 21 heavy (non-hydrogen) atoms. The number of aryl methyl sites for hydroxylation is 1. The molecule has 2 heterocycles. The van der Waals surface area contributed by atoms with Crippen LogP contribution in [0.2, 0.25) is 0 Å². The molecule has 118 valence electrons. The van der Waals surface area contributed by atoms with Crippen LogP contribution in [0, 0.1) is 12.8 Å². The van der Waals surface area contributed by atoms with Gasteiger partial charge in [-0.2, -0.15) is 9.40 Å². The van der Waals surface area contributed by atoms with Gasteiger partial charge in [0.15, 0.2) is 0 Å². The third-order valence-electron chi connectivity index (χ3n) is 3.91. The van der Waals surface area contributed by atoms with Crippen molar-refractivity contribution in [2.75, 3.05) is 19.6 Å². The molecule has 7 nitrogen and oxygen atoms in total. The van der Waals surface area contributed by atoms with Crippen molar-refractivity contribution < 1.29 is 13.2 Å². The molecule has 8 heteroatoms. The van der Waals surface area contributed by atoms with E-state index >= 15 is 0 Å². The Morgan fingerprint density at radius 1 is 1.52 bits per heavy atom. The minimum atomic E-state index is -3.58. The first-order chi connectivity index (χ1) is 9.87. The molecular formula is C13H22N4O3S. The van der Waals surface area contributed by atoms with E-state index in [1.54, 1.807) is 14.0 Å². The van der Waals surface area contributed by atoms with Crippen LogP contribution in [0.5, 0.6) is 0 Å². The highest BCUT2D eigenvalue weighted by Gasteiger charge is 2.34. The summed E-state index contributed by atoms with van der Waals surface area (Å²) in [6, 6.07) is 0. The number of nitrogens with one attached hydrogen (secondary N) is 1. The van der Waals surface area contributed by atoms with Crippen LogP contribution >= 0.6 is 0 Å². The lowest BCUT2D eigenvalue weighted by Crippen LogP contribution is -2.45. The highest BCUT2D eigenvalue weighted by molar-refractivity contribution is 7.89. The van der Waals surface area contributed by atoms with Gasteiger partial charge in [-0.3, -0.25) is 9.48 Å². The van der Waals surface area contributed by atoms with Gasteiger partial charge in [0, 0.05) is 26.7 Å². The van der Waals surface area contributed by atoms with Crippen LogP contribution < -0.4 is 5.32 Å². The monoisotopic (exact) mass is 314 g/mol. The maximum absolute atomic E-state index is 12.7. The van der Waals surface area contributed by atoms with Crippen LogP contribution in [-0.4, -0.2) is 48.0 Å². The summed E-state index contributed by atoms with van der Waals surface area (Å²) in [6.07, 6.45) is 2.80. The highest BCUT2D eigenvalue weighted by atomic mass is 32.2. The van der Waals surface area contributed by atoms with Crippen molar-refractivity contribution in [3.05, 3.63) is 11.9 Å². The second kappa shape index (κ2) is 6.15. The Kier molecular flexibility index (Phi) is 4.67. The lowest BCUT2D eigenvalue weighted by atomic mass is 9.99. The zero-order chi connectivity index (χ0) is 15.6. The van der Waals surface area contributed by atoms with Crippen molar-refractivity contribution in [2.24, 2.45) is 13.0 Å². The molecule has 1 aliphatic heterocycles. The van der Waals surface area contributed by atoms with E-state index < -0.39 is 10.0 Å². The van der Waals surface area contributed by atoms with Crippen LogP contribution in [0.1, 0.15) is 25.5 Å². The van der Waals surface area contributed by atoms with Gasteiger partial charge in [0.2, 0.25) is 15.9 Å². The number of piperidine rings is 1. The molecule has 0 bridgehead atoms. The van der Waals surface area contributed by atoms with E-state index in [1.165, 1.54) is 15.2 Å². The summed E-state index contributed by atoms with van der Waals surface area (Å²) in [5.74, 6) is -0.342. The molecule has 1 amide bonds. The van der Waals surface area contributed by atoms with Crippen molar-refractivity contribution >= 4 is 15.9 Å². The lowest BCUT2D eigenvalue weighted by molar-refractivity contribution is -0.125. The largest absolute Gasteiger partial charge is 0.356 e. The number of amides is 1. The Morgan fingerprint density at radius 3 is 2.81 bits per heavy atom. The highest BCUT2D eigenvalue weighted by Crippen LogP contribution is 2.25. The first-order valence-corrected chi connectivity index (χ1v) is 8.58. The third-order valence-corrected chi connectivity index (χ3v) is 5.88. The molecule has 0 saturated carbocycles. The fourth-order valence-corrected chi connectivity index (χ4v) is 4.27. The van der Waals surface area contributed by atoms with Gasteiger partial charge < -0.3 is 5.32 Å². The molecule has 1 aliphatic rings. The number of hydrogen-bond acceptors (Lipinski definition) is 4. The summed E-state index contributed by atoms with van der Waals surface area (Å²) in [5, 5.41) is 6.76. The maximum Gasteiger partial charge on any atom is 0.246 e. The number of nitrogens with zero attached hydrogens (tertiary/aromatic N) is 3. The van der Waals surface area contributed by atoms with E-state index in [-0.39, 0.29) is 23.3 Å². The van der Waals surface area contributed by atoms with Crippen molar-refractivity contribution in [3.63, 3.8) is 0 Å². The van der Waals surface area contributed by atoms with Gasteiger partial charge in [0.25, 0.3) is 0 Å². The Balaban J connectivity index is 2.21. The summed E-state index contributed by atoms with van der Waals surface area (Å²) in [4.78, 5) is 12.2. The van der Waals surface area contributed by atoms with E-state index in [0.717, 1.165) is 6.42 Å². The number of rotatable bonds is 4. The molecule has 1 atom stereocenters. The number of carbonyl (C=O) groups is 1. The fourth-order valence-electron chi connectivity index (χ4n) is 2.56. The molecule has 0 radical (unpaired) electrons. The molecule has 0 aliphatic carbocycles. The van der Waals surface area contributed by atoms with Gasteiger partial charge in [-0.25, -0.2) is 8.42 Å². The number of hydrogen-bond donors (Lipinski definition) is 1. The second-order valence-electron chi connectivity index (χ2n) is 5.31. The molecule has 0 aromatic carbocycles. The molecule has 1 aromatic heterocycles. The molecule has 0 spiro atoms. The van der Waals surface area contributed by atoms with E-state index in [0.29, 0.717) is 25.2 Å². The summed E-state index contributed by atoms with van der Waals surface area (Å²) in [5.41, 5.74) is 0.607. The van der Waals surface area contributed by atoms with Crippen molar-refractivity contribution in [1.29, 1.82) is 0 Å². The molecule has 1 aromatic rings. The smallest absolute Gasteiger partial charge is 0.246 e. The van der Waals surface area contributed by atoms with E-state index in [4.69, 9.17) is 0 Å². The maximum atomic E-state index is 12.7. The van der Waals surface area contributed by atoms with Gasteiger partial charge >= 0.3 is 0 Å². The Morgan fingerprint density at radius 2 is 2.24 bits per heavy atom. The molecule has 1 N–H and O–H groups in total. The van der Waals surface area contributed by atoms with E-state index in [1.807, 2.05) is 6.92 Å². The predicted molar refractivity (Wildman–Crippen MR) is 78.1 cm³/mol. The van der Waals surface area contributed by atoms with Crippen LogP contribution in [0.3, 0.4) is 0 Å². The molecule has 1 fully saturated rings. The third kappa shape index (κ3) is 3.11. The Bertz CT molecular complexity index is 623. The van der Waals surface area contributed by atoms with Crippen molar-refractivity contribution in [2.45, 2.75) is 31.6 Å². The lowest BCUT2D eigenvalue weighted by Gasteiger charge is -2.31. The Labute approximate surface area is 125 Å². The quantitative estimate of drug-likeness (QED) is 0.864. The first kappa shape index (κ1) is 16.0. The number of carbonyl (C=O) groups excluding carboxylic acids is 1.